The topological polar surface area (TPSA) is 97.6 Å². The van der Waals surface area contributed by atoms with Gasteiger partial charge in [0.25, 0.3) is 11.6 Å². The van der Waals surface area contributed by atoms with Gasteiger partial charge in [0.1, 0.15) is 9.84 Å². The second-order valence-corrected chi connectivity index (χ2v) is 8.78. The van der Waals surface area contributed by atoms with Crippen LogP contribution in [0.3, 0.4) is 0 Å². The molecule has 0 heterocycles. The van der Waals surface area contributed by atoms with Crippen molar-refractivity contribution in [1.82, 2.24) is 4.90 Å². The summed E-state index contributed by atoms with van der Waals surface area (Å²) in [5.41, 5.74) is 0.0617. The normalized spacial score (nSPS) is 12.0. The first-order valence-electron chi connectivity index (χ1n) is 7.07. The minimum Gasteiger partial charge on any atom is -0.333 e. The molecule has 1 amide bonds. The number of hydrogen-bond acceptors (Lipinski definition) is 5. The van der Waals surface area contributed by atoms with Gasteiger partial charge in [-0.2, -0.15) is 0 Å². The van der Waals surface area contributed by atoms with Crippen LogP contribution in [0.1, 0.15) is 36.7 Å². The zero-order chi connectivity index (χ0) is 18.0. The first-order valence-corrected chi connectivity index (χ1v) is 9.14. The highest BCUT2D eigenvalue weighted by atomic mass is 32.2. The van der Waals surface area contributed by atoms with Gasteiger partial charge in [-0.15, -0.1) is 0 Å². The van der Waals surface area contributed by atoms with E-state index in [0.717, 1.165) is 6.26 Å². The molecule has 1 rings (SSSR count). The number of carbonyl (C=O) groups is 1. The largest absolute Gasteiger partial charge is 0.333 e. The molecule has 1 aromatic carbocycles. The summed E-state index contributed by atoms with van der Waals surface area (Å²) in [5, 5.41) is 10.9. The van der Waals surface area contributed by atoms with E-state index in [1.807, 2.05) is 20.8 Å². The average Bonchev–Trinajstić information content (AvgIpc) is 2.34. The maximum Gasteiger partial charge on any atom is 0.272 e. The number of carbonyl (C=O) groups excluding carboxylic acids is 1. The van der Waals surface area contributed by atoms with Crippen molar-refractivity contribution >= 4 is 21.4 Å². The minimum atomic E-state index is -3.20. The number of aryl methyl sites for hydroxylation is 1. The molecule has 0 aliphatic carbocycles. The molecule has 0 saturated carbocycles. The second-order valence-electron chi connectivity index (χ2n) is 6.52. The Hall–Kier alpha value is -1.96. The smallest absolute Gasteiger partial charge is 0.272 e. The van der Waals surface area contributed by atoms with Gasteiger partial charge in [-0.05, 0) is 39.8 Å². The molecular formula is C15H22N2O5S. The third-order valence-corrected chi connectivity index (χ3v) is 4.31. The monoisotopic (exact) mass is 342 g/mol. The van der Waals surface area contributed by atoms with Crippen molar-refractivity contribution in [1.29, 1.82) is 0 Å². The van der Waals surface area contributed by atoms with Crippen molar-refractivity contribution in [2.75, 3.05) is 18.6 Å². The summed E-state index contributed by atoms with van der Waals surface area (Å²) >= 11 is 0. The van der Waals surface area contributed by atoms with Crippen LogP contribution in [0.25, 0.3) is 0 Å². The minimum absolute atomic E-state index is 0.0556. The number of nitro benzene ring substituents is 1. The number of hydrogen-bond donors (Lipinski definition) is 0. The second kappa shape index (κ2) is 6.66. The van der Waals surface area contributed by atoms with Crippen molar-refractivity contribution in [3.8, 4) is 0 Å². The van der Waals surface area contributed by atoms with Gasteiger partial charge < -0.3 is 4.90 Å². The molecule has 0 aromatic heterocycles. The lowest BCUT2D eigenvalue weighted by Gasteiger charge is -2.35. The number of sulfone groups is 1. The summed E-state index contributed by atoms with van der Waals surface area (Å²) in [7, 11) is -3.20. The van der Waals surface area contributed by atoms with E-state index in [4.69, 9.17) is 0 Å². The first kappa shape index (κ1) is 19.1. The highest BCUT2D eigenvalue weighted by molar-refractivity contribution is 7.90. The molecule has 0 radical (unpaired) electrons. The Morgan fingerprint density at radius 2 is 1.87 bits per heavy atom. The summed E-state index contributed by atoms with van der Waals surface area (Å²) in [6.45, 7) is 7.06. The van der Waals surface area contributed by atoms with Crippen molar-refractivity contribution in [2.24, 2.45) is 0 Å². The molecule has 0 spiro atoms. The number of nitrogens with zero attached hydrogens (tertiary/aromatic N) is 2. The maximum atomic E-state index is 12.7. The van der Waals surface area contributed by atoms with Crippen molar-refractivity contribution in [2.45, 2.75) is 33.2 Å². The van der Waals surface area contributed by atoms with Gasteiger partial charge in [0.05, 0.1) is 10.7 Å². The van der Waals surface area contributed by atoms with Gasteiger partial charge in [-0.25, -0.2) is 8.42 Å². The summed E-state index contributed by atoms with van der Waals surface area (Å²) in [6, 6.07) is 4.15. The molecule has 0 unspecified atom stereocenters. The van der Waals surface area contributed by atoms with E-state index in [9.17, 15) is 23.3 Å². The lowest BCUT2D eigenvalue weighted by atomic mass is 10.0. The van der Waals surface area contributed by atoms with Gasteiger partial charge in [0, 0.05) is 35.5 Å². The van der Waals surface area contributed by atoms with Crippen molar-refractivity contribution in [3.63, 3.8) is 0 Å². The van der Waals surface area contributed by atoms with Gasteiger partial charge >= 0.3 is 0 Å². The Balaban J connectivity index is 3.15. The summed E-state index contributed by atoms with van der Waals surface area (Å²) in [5.74, 6) is -0.485. The van der Waals surface area contributed by atoms with E-state index < -0.39 is 20.3 Å². The zero-order valence-corrected chi connectivity index (χ0v) is 14.8. The molecule has 0 saturated heterocycles. The Bertz CT molecular complexity index is 720. The van der Waals surface area contributed by atoms with Crippen LogP contribution in [0, 0.1) is 17.0 Å². The standard InChI is InChI=1S/C15H22N2O5S/c1-11-10-12(6-7-13(11)17(19)20)14(18)16(15(2,3)4)8-9-23(5,21)22/h6-7,10H,8-9H2,1-5H3. The molecule has 128 valence electrons. The average molecular weight is 342 g/mol. The van der Waals surface area contributed by atoms with E-state index in [2.05, 4.69) is 0 Å². The van der Waals surface area contributed by atoms with Crippen molar-refractivity contribution < 1.29 is 18.1 Å². The predicted molar refractivity (Wildman–Crippen MR) is 88.3 cm³/mol. The van der Waals surface area contributed by atoms with Crippen LogP contribution in [-0.2, 0) is 9.84 Å². The number of amides is 1. The molecule has 7 nitrogen and oxygen atoms in total. The fourth-order valence-corrected chi connectivity index (χ4v) is 2.66. The predicted octanol–water partition coefficient (Wildman–Crippen LogP) is 2.19. The Kier molecular flexibility index (Phi) is 5.52. The van der Waals surface area contributed by atoms with Gasteiger partial charge in [-0.3, -0.25) is 14.9 Å². The van der Waals surface area contributed by atoms with Crippen LogP contribution in [0.4, 0.5) is 5.69 Å². The zero-order valence-electron chi connectivity index (χ0n) is 14.0. The first-order chi connectivity index (χ1) is 10.3. The van der Waals surface area contributed by atoms with Crippen LogP contribution in [0.15, 0.2) is 18.2 Å². The highest BCUT2D eigenvalue weighted by Crippen LogP contribution is 2.22. The van der Waals surface area contributed by atoms with Crippen LogP contribution >= 0.6 is 0 Å². The Labute approximate surface area is 136 Å². The molecule has 1 aromatic rings. The Morgan fingerprint density at radius 1 is 1.30 bits per heavy atom. The number of rotatable bonds is 5. The summed E-state index contributed by atoms with van der Waals surface area (Å²) in [4.78, 5) is 24.5. The van der Waals surface area contributed by atoms with Crippen LogP contribution < -0.4 is 0 Å². The van der Waals surface area contributed by atoms with Crippen LogP contribution in [0.5, 0.6) is 0 Å². The third-order valence-electron chi connectivity index (χ3n) is 3.38. The van der Waals surface area contributed by atoms with E-state index in [1.54, 1.807) is 6.92 Å². The molecule has 0 fully saturated rings. The molecule has 0 N–H and O–H groups in total. The molecular weight excluding hydrogens is 320 g/mol. The van der Waals surface area contributed by atoms with E-state index in [1.165, 1.54) is 23.1 Å². The van der Waals surface area contributed by atoms with Gasteiger partial charge in [0.15, 0.2) is 0 Å². The fraction of sp³-hybridized carbons (Fsp3) is 0.533. The van der Waals surface area contributed by atoms with Gasteiger partial charge in [-0.1, -0.05) is 0 Å². The third kappa shape index (κ3) is 5.31. The fourth-order valence-electron chi connectivity index (χ4n) is 2.15. The number of nitro groups is 1. The van der Waals surface area contributed by atoms with E-state index in [-0.39, 0.29) is 23.9 Å². The van der Waals surface area contributed by atoms with Crippen LogP contribution in [0.2, 0.25) is 0 Å². The number of benzene rings is 1. The SMILES string of the molecule is Cc1cc(C(=O)N(CCS(C)(=O)=O)C(C)(C)C)ccc1[N+](=O)[O-]. The molecule has 0 aliphatic heterocycles. The quantitative estimate of drug-likeness (QED) is 0.603. The Morgan fingerprint density at radius 3 is 2.26 bits per heavy atom. The molecule has 23 heavy (non-hydrogen) atoms. The summed E-state index contributed by atoms with van der Waals surface area (Å²) in [6.07, 6.45) is 1.12. The highest BCUT2D eigenvalue weighted by Gasteiger charge is 2.28. The van der Waals surface area contributed by atoms with E-state index >= 15 is 0 Å². The van der Waals surface area contributed by atoms with Crippen molar-refractivity contribution in [3.05, 3.63) is 39.4 Å². The lowest BCUT2D eigenvalue weighted by molar-refractivity contribution is -0.385. The molecule has 0 aliphatic rings. The molecule has 8 heteroatoms. The molecule has 0 bridgehead atoms. The lowest BCUT2D eigenvalue weighted by Crippen LogP contribution is -2.47. The van der Waals surface area contributed by atoms with Gasteiger partial charge in [0.2, 0.25) is 0 Å². The maximum absolute atomic E-state index is 12.7. The van der Waals surface area contributed by atoms with E-state index in [0.29, 0.717) is 11.1 Å². The van der Waals surface area contributed by atoms with Crippen LogP contribution in [-0.4, -0.2) is 48.2 Å². The molecule has 0 atom stereocenters. The summed E-state index contributed by atoms with van der Waals surface area (Å²) < 4.78 is 22.8.